The Labute approximate surface area is 131 Å². The molecule has 0 bridgehead atoms. The van der Waals surface area contributed by atoms with Gasteiger partial charge in [0.25, 0.3) is 0 Å². The molecule has 0 spiro atoms. The molecule has 2 atom stereocenters. The molecule has 21 heavy (non-hydrogen) atoms. The molecule has 1 rings (SSSR count). The van der Waals surface area contributed by atoms with Gasteiger partial charge in [0.05, 0.1) is 6.04 Å². The number of piperidine rings is 1. The quantitative estimate of drug-likeness (QED) is 0.723. The fourth-order valence-corrected chi connectivity index (χ4v) is 3.20. The van der Waals surface area contributed by atoms with Crippen molar-refractivity contribution in [2.45, 2.75) is 78.4 Å². The lowest BCUT2D eigenvalue weighted by molar-refractivity contribution is -0.127. The van der Waals surface area contributed by atoms with Crippen LogP contribution in [0.2, 0.25) is 0 Å². The molecule has 4 nitrogen and oxygen atoms in total. The first kappa shape index (κ1) is 18.4. The number of carbonyl (C=O) groups is 1. The molecule has 4 heteroatoms. The third-order valence-corrected chi connectivity index (χ3v) is 4.58. The van der Waals surface area contributed by atoms with Gasteiger partial charge in [-0.25, -0.2) is 0 Å². The van der Waals surface area contributed by atoms with Gasteiger partial charge in [0, 0.05) is 18.6 Å². The molecule has 1 heterocycles. The summed E-state index contributed by atoms with van der Waals surface area (Å²) in [5.74, 6) is 0.899. The van der Waals surface area contributed by atoms with Crippen LogP contribution in [0.15, 0.2) is 0 Å². The Kier molecular flexibility index (Phi) is 8.27. The molecule has 1 saturated heterocycles. The minimum Gasteiger partial charge on any atom is -0.352 e. The van der Waals surface area contributed by atoms with Crippen molar-refractivity contribution in [2.24, 2.45) is 5.92 Å². The predicted molar refractivity (Wildman–Crippen MR) is 89.4 cm³/mol. The van der Waals surface area contributed by atoms with E-state index in [1.54, 1.807) is 0 Å². The van der Waals surface area contributed by atoms with Crippen molar-refractivity contribution in [2.75, 3.05) is 19.6 Å². The second-order valence-electron chi connectivity index (χ2n) is 6.86. The lowest BCUT2D eigenvalue weighted by Gasteiger charge is -2.36. The van der Waals surface area contributed by atoms with Crippen LogP contribution in [-0.4, -0.2) is 48.6 Å². The Hall–Kier alpha value is -0.610. The summed E-state index contributed by atoms with van der Waals surface area (Å²) < 4.78 is 0. The lowest BCUT2D eigenvalue weighted by Crippen LogP contribution is -2.52. The molecule has 1 aliphatic heterocycles. The van der Waals surface area contributed by atoms with Gasteiger partial charge in [-0.1, -0.05) is 13.3 Å². The average molecular weight is 297 g/mol. The first-order valence-corrected chi connectivity index (χ1v) is 8.72. The summed E-state index contributed by atoms with van der Waals surface area (Å²) >= 11 is 0. The lowest BCUT2D eigenvalue weighted by atomic mass is 9.96. The summed E-state index contributed by atoms with van der Waals surface area (Å²) in [5, 5.41) is 6.57. The topological polar surface area (TPSA) is 44.4 Å². The van der Waals surface area contributed by atoms with Crippen LogP contribution in [0.1, 0.15) is 60.3 Å². The van der Waals surface area contributed by atoms with Gasteiger partial charge in [0.2, 0.25) is 5.91 Å². The van der Waals surface area contributed by atoms with E-state index in [0.717, 1.165) is 38.4 Å². The van der Waals surface area contributed by atoms with Gasteiger partial charge in [-0.3, -0.25) is 9.69 Å². The number of nitrogens with one attached hydrogen (secondary N) is 2. The van der Waals surface area contributed by atoms with E-state index in [1.807, 2.05) is 0 Å². The van der Waals surface area contributed by atoms with Gasteiger partial charge in [0.1, 0.15) is 0 Å². The second-order valence-corrected chi connectivity index (χ2v) is 6.86. The van der Waals surface area contributed by atoms with Crippen LogP contribution in [0.3, 0.4) is 0 Å². The maximum absolute atomic E-state index is 12.5. The van der Waals surface area contributed by atoms with E-state index in [9.17, 15) is 4.79 Å². The molecule has 0 aliphatic carbocycles. The van der Waals surface area contributed by atoms with E-state index >= 15 is 0 Å². The Morgan fingerprint density at radius 2 is 1.86 bits per heavy atom. The molecule has 124 valence electrons. The minimum absolute atomic E-state index is 0.0424. The van der Waals surface area contributed by atoms with Gasteiger partial charge in [-0.2, -0.15) is 0 Å². The van der Waals surface area contributed by atoms with Crippen molar-refractivity contribution in [3.63, 3.8) is 0 Å². The third-order valence-electron chi connectivity index (χ3n) is 4.58. The first-order chi connectivity index (χ1) is 9.95. The van der Waals surface area contributed by atoms with Crippen molar-refractivity contribution in [1.29, 1.82) is 0 Å². The molecular formula is C17H35N3O. The van der Waals surface area contributed by atoms with E-state index in [1.165, 1.54) is 12.8 Å². The van der Waals surface area contributed by atoms with E-state index in [2.05, 4.69) is 50.2 Å². The Morgan fingerprint density at radius 3 is 2.38 bits per heavy atom. The van der Waals surface area contributed by atoms with Crippen LogP contribution in [0.4, 0.5) is 0 Å². The molecular weight excluding hydrogens is 262 g/mol. The van der Waals surface area contributed by atoms with Crippen LogP contribution >= 0.6 is 0 Å². The number of carbonyl (C=O) groups excluding carboxylic acids is 1. The molecule has 0 saturated carbocycles. The Morgan fingerprint density at radius 1 is 1.24 bits per heavy atom. The van der Waals surface area contributed by atoms with E-state index < -0.39 is 0 Å². The Balaban J connectivity index is 2.55. The second kappa shape index (κ2) is 9.42. The van der Waals surface area contributed by atoms with E-state index in [0.29, 0.717) is 6.04 Å². The Bertz CT molecular complexity index is 300. The average Bonchev–Trinajstić information content (AvgIpc) is 2.45. The van der Waals surface area contributed by atoms with Gasteiger partial charge < -0.3 is 10.6 Å². The highest BCUT2D eigenvalue weighted by Crippen LogP contribution is 2.17. The number of nitrogens with zero attached hydrogens (tertiary/aromatic N) is 1. The highest BCUT2D eigenvalue weighted by molar-refractivity contribution is 5.81. The normalized spacial score (nSPS) is 19.8. The summed E-state index contributed by atoms with van der Waals surface area (Å²) in [4.78, 5) is 14.8. The highest BCUT2D eigenvalue weighted by atomic mass is 16.2. The number of hydrogen-bond donors (Lipinski definition) is 2. The van der Waals surface area contributed by atoms with Gasteiger partial charge >= 0.3 is 0 Å². The van der Waals surface area contributed by atoms with Gasteiger partial charge in [0.15, 0.2) is 0 Å². The summed E-state index contributed by atoms with van der Waals surface area (Å²) in [6, 6.07) is 0.638. The zero-order valence-corrected chi connectivity index (χ0v) is 14.6. The monoisotopic (exact) mass is 297 g/mol. The van der Waals surface area contributed by atoms with Crippen LogP contribution in [0, 0.1) is 5.92 Å². The maximum Gasteiger partial charge on any atom is 0.237 e. The molecule has 1 amide bonds. The molecule has 0 aromatic heterocycles. The summed E-state index contributed by atoms with van der Waals surface area (Å²) in [6.45, 7) is 14.0. The molecule has 1 fully saturated rings. The number of amides is 1. The van der Waals surface area contributed by atoms with Gasteiger partial charge in [-0.15, -0.1) is 0 Å². The highest BCUT2D eigenvalue weighted by Gasteiger charge is 2.27. The SMILES string of the molecule is CCCC(C)NC(=O)C(C)N(CC1CCNCC1)C(C)C. The number of rotatable bonds is 8. The molecule has 0 radical (unpaired) electrons. The van der Waals surface area contributed by atoms with E-state index in [4.69, 9.17) is 0 Å². The molecule has 1 aliphatic rings. The zero-order chi connectivity index (χ0) is 15.8. The predicted octanol–water partition coefficient (Wildman–Crippen LogP) is 2.39. The molecule has 2 N–H and O–H groups in total. The molecule has 2 unspecified atom stereocenters. The van der Waals surface area contributed by atoms with Crippen LogP contribution in [0.25, 0.3) is 0 Å². The number of hydrogen-bond acceptors (Lipinski definition) is 3. The van der Waals surface area contributed by atoms with Crippen molar-refractivity contribution in [1.82, 2.24) is 15.5 Å². The van der Waals surface area contributed by atoms with Crippen LogP contribution in [-0.2, 0) is 4.79 Å². The first-order valence-electron chi connectivity index (χ1n) is 8.72. The van der Waals surface area contributed by atoms with E-state index in [-0.39, 0.29) is 18.0 Å². The van der Waals surface area contributed by atoms with Crippen molar-refractivity contribution in [3.8, 4) is 0 Å². The minimum atomic E-state index is -0.0424. The molecule has 0 aromatic carbocycles. The van der Waals surface area contributed by atoms with Crippen LogP contribution in [0.5, 0.6) is 0 Å². The molecule has 0 aromatic rings. The smallest absolute Gasteiger partial charge is 0.237 e. The zero-order valence-electron chi connectivity index (χ0n) is 14.6. The van der Waals surface area contributed by atoms with Crippen molar-refractivity contribution >= 4 is 5.91 Å². The van der Waals surface area contributed by atoms with Crippen molar-refractivity contribution in [3.05, 3.63) is 0 Å². The summed E-state index contributed by atoms with van der Waals surface area (Å²) in [5.41, 5.74) is 0. The largest absolute Gasteiger partial charge is 0.352 e. The van der Waals surface area contributed by atoms with Gasteiger partial charge in [-0.05, 0) is 66.0 Å². The summed E-state index contributed by atoms with van der Waals surface area (Å²) in [6.07, 6.45) is 4.61. The van der Waals surface area contributed by atoms with Crippen LogP contribution < -0.4 is 10.6 Å². The summed E-state index contributed by atoms with van der Waals surface area (Å²) in [7, 11) is 0. The fraction of sp³-hybridized carbons (Fsp3) is 0.941. The standard InChI is InChI=1S/C17H35N3O/c1-6-7-14(4)19-17(21)15(5)20(13(2)3)12-16-8-10-18-11-9-16/h13-16,18H,6-12H2,1-5H3,(H,19,21). The maximum atomic E-state index is 12.5. The third kappa shape index (κ3) is 6.35. The fourth-order valence-electron chi connectivity index (χ4n) is 3.20. The van der Waals surface area contributed by atoms with Crippen molar-refractivity contribution < 1.29 is 4.79 Å².